The monoisotopic (exact) mass is 752 g/mol. The molecule has 5 aliphatic rings. The summed E-state index contributed by atoms with van der Waals surface area (Å²) in [5.41, 5.74) is 16.8. The largest absolute Gasteiger partial charge is 0.0622 e. The fraction of sp³-hybridized carbons (Fsp3) is 0.556. The Labute approximate surface area is 266 Å². The summed E-state index contributed by atoms with van der Waals surface area (Å²) in [5.74, 6) is 5.12. The van der Waals surface area contributed by atoms with Gasteiger partial charge in [0.05, 0.1) is 0 Å². The number of hydrogen-bond donors (Lipinski definition) is 0. The van der Waals surface area contributed by atoms with E-state index in [4.69, 9.17) is 5.73 Å². The molecule has 1 nitrogen and oxygen atoms in total. The molecule has 4 bridgehead atoms. The molecule has 5 aliphatic carbocycles. The first kappa shape index (κ1) is 34.5. The Balaban J connectivity index is 0.000000197. The summed E-state index contributed by atoms with van der Waals surface area (Å²) in [5, 5.41) is 0. The molecule has 2 aromatic carbocycles. The number of nitrogens with one attached hydrogen (secondary N) is 1. The van der Waals surface area contributed by atoms with Gasteiger partial charge in [0.2, 0.25) is 0 Å². The van der Waals surface area contributed by atoms with Gasteiger partial charge in [0.15, 0.2) is 0 Å². The standard InChI is InChI=1S/C13H22N.C12H10.C9H13.C2H7Ge.Hf/c1-10-4-11(2)6-12(3,5-10)9-13(14,7-10)8-11;1-3-7-11(8-4-1)12-9-5-2-6-10-12;1-6-5-7(2)9(4)8(6)3;1-3-2;/h14H,4-9H2,1-3H3;1-10H;6H,1-4H3;3H,1-2H3;/q-1;;-1;;. The molecule has 0 saturated heterocycles. The van der Waals surface area contributed by atoms with Gasteiger partial charge >= 0.3 is 26.9 Å². The fourth-order valence-corrected chi connectivity index (χ4v) is 8.71. The SMILES string of the molecule is CC12CC3(C)CC(C)(C1)CC([NH-])(C2)C3.CC1=[C-]C(C)C(C)=C1C.[CH3][GeH][CH3].[Hf].c1ccc(-c2ccccc2)cc1. The van der Waals surface area contributed by atoms with Crippen LogP contribution >= 0.6 is 0 Å². The van der Waals surface area contributed by atoms with Crippen LogP contribution in [0.25, 0.3) is 16.9 Å². The van der Waals surface area contributed by atoms with Crippen molar-refractivity contribution < 1.29 is 25.8 Å². The molecule has 7 rings (SSSR count). The van der Waals surface area contributed by atoms with Crippen molar-refractivity contribution in [3.8, 4) is 11.1 Å². The van der Waals surface area contributed by atoms with Gasteiger partial charge in [0, 0.05) is 25.8 Å². The van der Waals surface area contributed by atoms with Gasteiger partial charge in [-0.1, -0.05) is 127 Å². The van der Waals surface area contributed by atoms with Crippen molar-refractivity contribution in [1.29, 1.82) is 0 Å². The molecule has 4 saturated carbocycles. The van der Waals surface area contributed by atoms with Crippen molar-refractivity contribution in [3.63, 3.8) is 0 Å². The van der Waals surface area contributed by atoms with Gasteiger partial charge in [-0.25, -0.2) is 5.57 Å². The molecule has 0 aromatic heterocycles. The van der Waals surface area contributed by atoms with Crippen LogP contribution in [0.3, 0.4) is 0 Å². The van der Waals surface area contributed by atoms with Crippen molar-refractivity contribution in [3.05, 3.63) is 89.2 Å². The molecular weight excluding hydrogens is 698 g/mol. The maximum absolute atomic E-state index is 8.59. The Morgan fingerprint density at radius 1 is 0.692 bits per heavy atom. The van der Waals surface area contributed by atoms with Crippen LogP contribution in [-0.4, -0.2) is 21.0 Å². The molecule has 3 heteroatoms. The molecule has 0 amide bonds. The van der Waals surface area contributed by atoms with Crippen molar-refractivity contribution in [2.45, 2.75) is 104 Å². The first-order chi connectivity index (χ1) is 17.7. The average molecular weight is 750 g/mol. The molecule has 211 valence electrons. The van der Waals surface area contributed by atoms with Crippen LogP contribution in [0.15, 0.2) is 77.4 Å². The van der Waals surface area contributed by atoms with Gasteiger partial charge in [0.1, 0.15) is 0 Å². The van der Waals surface area contributed by atoms with Crippen molar-refractivity contribution in [2.24, 2.45) is 22.2 Å². The van der Waals surface area contributed by atoms with E-state index in [2.05, 4.69) is 115 Å². The van der Waals surface area contributed by atoms with E-state index in [0.717, 1.165) is 0 Å². The van der Waals surface area contributed by atoms with Gasteiger partial charge in [-0.05, 0) is 46.6 Å². The predicted octanol–water partition coefficient (Wildman–Crippen LogP) is 10.8. The molecule has 1 N–H and O–H groups in total. The minimum absolute atomic E-state index is 0. The maximum Gasteiger partial charge on any atom is 0 e. The Morgan fingerprint density at radius 3 is 1.23 bits per heavy atom. The second kappa shape index (κ2) is 14.0. The van der Waals surface area contributed by atoms with Crippen LogP contribution < -0.4 is 0 Å². The van der Waals surface area contributed by atoms with Gasteiger partial charge in [-0.15, -0.1) is 12.5 Å². The van der Waals surface area contributed by atoms with E-state index in [9.17, 15) is 0 Å². The van der Waals surface area contributed by atoms with Crippen molar-refractivity contribution in [1.82, 2.24) is 0 Å². The van der Waals surface area contributed by atoms with E-state index in [-0.39, 0.29) is 31.4 Å². The minimum atomic E-state index is -0.0625. The summed E-state index contributed by atoms with van der Waals surface area (Å²) in [4.78, 5) is 0. The fourth-order valence-electron chi connectivity index (χ4n) is 8.71. The number of allylic oxidation sites excluding steroid dienone is 4. The smallest absolute Gasteiger partial charge is 0 e. The molecular formula is C36H52GeHfN-2. The summed E-state index contributed by atoms with van der Waals surface area (Å²) < 4.78 is 0. The Morgan fingerprint density at radius 2 is 1.03 bits per heavy atom. The van der Waals surface area contributed by atoms with Gasteiger partial charge in [-0.3, -0.25) is 6.08 Å². The van der Waals surface area contributed by atoms with Gasteiger partial charge in [-0.2, -0.15) is 11.1 Å². The summed E-state index contributed by atoms with van der Waals surface area (Å²) >= 11 is 0.312. The molecule has 1 radical (unpaired) electrons. The number of benzene rings is 2. The first-order valence-electron chi connectivity index (χ1n) is 14.6. The first-order valence-corrected chi connectivity index (χ1v) is 19.5. The number of hydrogen-bond acceptors (Lipinski definition) is 0. The van der Waals surface area contributed by atoms with Gasteiger partial charge in [0.25, 0.3) is 0 Å². The van der Waals surface area contributed by atoms with Crippen LogP contribution in [0.2, 0.25) is 11.5 Å². The van der Waals surface area contributed by atoms with Crippen molar-refractivity contribution in [2.75, 3.05) is 0 Å². The molecule has 39 heavy (non-hydrogen) atoms. The molecule has 0 heterocycles. The molecule has 1 atom stereocenters. The third kappa shape index (κ3) is 9.14. The van der Waals surface area contributed by atoms with Crippen LogP contribution in [0.4, 0.5) is 0 Å². The Kier molecular flexibility index (Phi) is 12.4. The van der Waals surface area contributed by atoms with Crippen LogP contribution in [0.5, 0.6) is 0 Å². The second-order valence-electron chi connectivity index (χ2n) is 13.9. The minimum Gasteiger partial charge on any atom is -0.0622 e. The van der Waals surface area contributed by atoms with E-state index >= 15 is 0 Å². The Bertz CT molecular complexity index is 986. The maximum atomic E-state index is 8.59. The van der Waals surface area contributed by atoms with E-state index in [1.807, 2.05) is 12.1 Å². The molecule has 4 fully saturated rings. The quantitative estimate of drug-likeness (QED) is 0.205. The van der Waals surface area contributed by atoms with E-state index in [1.54, 1.807) is 0 Å². The third-order valence-electron chi connectivity index (χ3n) is 8.97. The normalized spacial score (nSPS) is 33.4. The van der Waals surface area contributed by atoms with E-state index in [0.29, 0.717) is 37.6 Å². The van der Waals surface area contributed by atoms with E-state index in [1.165, 1.54) is 66.4 Å². The zero-order chi connectivity index (χ0) is 28.2. The van der Waals surface area contributed by atoms with E-state index < -0.39 is 0 Å². The summed E-state index contributed by atoms with van der Waals surface area (Å²) in [6.07, 6.45) is 11.0. The van der Waals surface area contributed by atoms with Crippen LogP contribution in [-0.2, 0) is 25.8 Å². The average Bonchev–Trinajstić information content (AvgIpc) is 3.03. The summed E-state index contributed by atoms with van der Waals surface area (Å²) in [6.45, 7) is 16.0. The van der Waals surface area contributed by atoms with Gasteiger partial charge < -0.3 is 5.73 Å². The zero-order valence-corrected chi connectivity index (χ0v) is 32.2. The molecule has 2 aromatic rings. The van der Waals surface area contributed by atoms with Crippen LogP contribution in [0.1, 0.15) is 87.0 Å². The van der Waals surface area contributed by atoms with Crippen LogP contribution in [0, 0.1) is 28.2 Å². The molecule has 1 unspecified atom stereocenters. The number of rotatable bonds is 1. The zero-order valence-electron chi connectivity index (χ0n) is 26.2. The topological polar surface area (TPSA) is 23.8 Å². The molecule has 0 spiro atoms. The van der Waals surface area contributed by atoms with Crippen molar-refractivity contribution >= 4 is 15.4 Å². The Hall–Kier alpha value is -0.707. The third-order valence-corrected chi connectivity index (χ3v) is 8.97. The summed E-state index contributed by atoms with van der Waals surface area (Å²) in [7, 11) is 0. The predicted molar refractivity (Wildman–Crippen MR) is 170 cm³/mol. The summed E-state index contributed by atoms with van der Waals surface area (Å²) in [6, 6.07) is 20.8. The second-order valence-corrected chi connectivity index (χ2v) is 16.3. The molecule has 0 aliphatic heterocycles.